The van der Waals surface area contributed by atoms with Crippen LogP contribution in [0, 0.1) is 10.1 Å². The number of carbonyl (C=O) groups excluding carboxylic acids is 2. The average molecular weight is 323 g/mol. The summed E-state index contributed by atoms with van der Waals surface area (Å²) < 4.78 is 0.103. The van der Waals surface area contributed by atoms with Crippen molar-refractivity contribution >= 4 is 44.3 Å². The van der Waals surface area contributed by atoms with Gasteiger partial charge in [-0.15, -0.1) is 0 Å². The Morgan fingerprint density at radius 1 is 1.37 bits per heavy atom. The van der Waals surface area contributed by atoms with E-state index in [-0.39, 0.29) is 16.0 Å². The Morgan fingerprint density at radius 2 is 2.11 bits per heavy atom. The Kier molecular flexibility index (Phi) is 3.54. The Hall–Kier alpha value is -2.31. The fourth-order valence-corrected chi connectivity index (χ4v) is 1.83. The minimum atomic E-state index is -0.691. The van der Waals surface area contributed by atoms with E-state index in [1.165, 1.54) is 24.3 Å². The first-order valence-electron chi connectivity index (χ1n) is 5.05. The molecule has 1 aromatic carbocycles. The second kappa shape index (κ2) is 5.13. The molecule has 0 fully saturated rings. The summed E-state index contributed by atoms with van der Waals surface area (Å²) in [5, 5.41) is 13.0. The SMILES string of the molecule is O=C1N=C([Se])NC(=O)/C1=C/c1cccc([N+](=O)[O-])c1. The third-order valence-corrected chi connectivity index (χ3v) is 2.70. The fraction of sp³-hybridized carbons (Fsp3) is 0. The number of rotatable bonds is 2. The van der Waals surface area contributed by atoms with E-state index in [1.54, 1.807) is 6.07 Å². The Bertz CT molecular complexity index is 651. The second-order valence-corrected chi connectivity index (χ2v) is 4.40. The molecule has 1 radical (unpaired) electrons. The maximum atomic E-state index is 11.6. The van der Waals surface area contributed by atoms with Crippen molar-refractivity contribution in [1.82, 2.24) is 5.32 Å². The Balaban J connectivity index is 2.41. The quantitative estimate of drug-likeness (QED) is 0.275. The van der Waals surface area contributed by atoms with E-state index in [1.807, 2.05) is 0 Å². The summed E-state index contributed by atoms with van der Waals surface area (Å²) in [6.07, 6.45) is 1.26. The van der Waals surface area contributed by atoms with Gasteiger partial charge >= 0.3 is 115 Å². The number of amides is 2. The molecule has 0 spiro atoms. The van der Waals surface area contributed by atoms with E-state index >= 15 is 0 Å². The summed E-state index contributed by atoms with van der Waals surface area (Å²) >= 11 is 2.43. The number of aliphatic imine (C=N–C) groups is 1. The van der Waals surface area contributed by atoms with Crippen LogP contribution in [0.5, 0.6) is 0 Å². The van der Waals surface area contributed by atoms with Gasteiger partial charge < -0.3 is 0 Å². The molecule has 0 atom stereocenters. The third kappa shape index (κ3) is 2.93. The van der Waals surface area contributed by atoms with Gasteiger partial charge in [-0.3, -0.25) is 0 Å². The van der Waals surface area contributed by atoms with E-state index in [9.17, 15) is 19.7 Å². The first kappa shape index (κ1) is 13.1. The molecule has 0 bridgehead atoms. The number of nitro groups is 1. The average Bonchev–Trinajstić information content (AvgIpc) is 2.34. The fourth-order valence-electron chi connectivity index (χ4n) is 1.46. The van der Waals surface area contributed by atoms with Crippen molar-refractivity contribution in [3.05, 3.63) is 45.5 Å². The monoisotopic (exact) mass is 324 g/mol. The molecule has 2 amide bonds. The Labute approximate surface area is 115 Å². The zero-order valence-electron chi connectivity index (χ0n) is 9.32. The van der Waals surface area contributed by atoms with Crippen molar-refractivity contribution in [3.63, 3.8) is 0 Å². The molecule has 1 aromatic rings. The molecule has 0 aliphatic carbocycles. The van der Waals surface area contributed by atoms with Crippen LogP contribution in [0.15, 0.2) is 34.8 Å². The summed E-state index contributed by atoms with van der Waals surface area (Å²) in [6, 6.07) is 5.61. The molecule has 0 saturated carbocycles. The number of hydrogen-bond acceptors (Lipinski definition) is 4. The number of hydrogen-bond donors (Lipinski definition) is 1. The van der Waals surface area contributed by atoms with Crippen LogP contribution in [0.25, 0.3) is 6.08 Å². The second-order valence-electron chi connectivity index (χ2n) is 3.59. The summed E-state index contributed by atoms with van der Waals surface area (Å²) in [5.74, 6) is -1.29. The van der Waals surface area contributed by atoms with Crippen LogP contribution in [-0.2, 0) is 9.59 Å². The van der Waals surface area contributed by atoms with Gasteiger partial charge in [0.05, 0.1) is 0 Å². The van der Waals surface area contributed by atoms with Crippen LogP contribution < -0.4 is 5.32 Å². The van der Waals surface area contributed by atoms with Gasteiger partial charge in [-0.25, -0.2) is 0 Å². The van der Waals surface area contributed by atoms with Gasteiger partial charge in [-0.1, -0.05) is 0 Å². The van der Waals surface area contributed by atoms with Crippen molar-refractivity contribution in [2.24, 2.45) is 4.99 Å². The number of nitro benzene ring substituents is 1. The molecule has 0 aromatic heterocycles. The van der Waals surface area contributed by atoms with Crippen LogP contribution in [-0.4, -0.2) is 37.5 Å². The predicted octanol–water partition coefficient (Wildman–Crippen LogP) is 0.159. The van der Waals surface area contributed by atoms with E-state index in [2.05, 4.69) is 26.3 Å². The molecule has 95 valence electrons. The molecule has 1 aliphatic rings. The molecule has 19 heavy (non-hydrogen) atoms. The van der Waals surface area contributed by atoms with E-state index in [0.29, 0.717) is 5.56 Å². The van der Waals surface area contributed by atoms with E-state index < -0.39 is 16.7 Å². The van der Waals surface area contributed by atoms with Gasteiger partial charge in [-0.2, -0.15) is 0 Å². The molecular formula is C11H6N3O4Se. The minimum absolute atomic E-state index is 0.103. The molecule has 7 nitrogen and oxygen atoms in total. The van der Waals surface area contributed by atoms with Gasteiger partial charge in [0.2, 0.25) is 0 Å². The van der Waals surface area contributed by atoms with Gasteiger partial charge in [0.15, 0.2) is 0 Å². The molecule has 0 saturated heterocycles. The number of amidine groups is 1. The maximum absolute atomic E-state index is 11.6. The van der Waals surface area contributed by atoms with Gasteiger partial charge in [0, 0.05) is 0 Å². The number of nitrogens with one attached hydrogen (secondary N) is 1. The summed E-state index contributed by atoms with van der Waals surface area (Å²) in [6.45, 7) is 0. The number of benzene rings is 1. The van der Waals surface area contributed by atoms with E-state index in [4.69, 9.17) is 0 Å². The van der Waals surface area contributed by atoms with Crippen LogP contribution in [0.3, 0.4) is 0 Å². The molecule has 0 unspecified atom stereocenters. The first-order chi connectivity index (χ1) is 8.97. The summed E-state index contributed by atoms with van der Waals surface area (Å²) in [4.78, 5) is 36.8. The third-order valence-electron chi connectivity index (χ3n) is 2.29. The van der Waals surface area contributed by atoms with Crippen LogP contribution in [0.1, 0.15) is 5.56 Å². The first-order valence-corrected chi connectivity index (χ1v) is 5.90. The van der Waals surface area contributed by atoms with Crippen molar-refractivity contribution in [3.8, 4) is 0 Å². The number of non-ortho nitro benzene ring substituents is 1. The number of nitrogens with zero attached hydrogens (tertiary/aromatic N) is 2. The normalized spacial score (nSPS) is 17.1. The van der Waals surface area contributed by atoms with E-state index in [0.717, 1.165) is 0 Å². The van der Waals surface area contributed by atoms with Crippen molar-refractivity contribution in [2.75, 3.05) is 0 Å². The Morgan fingerprint density at radius 3 is 2.74 bits per heavy atom. The molecule has 1 aliphatic heterocycles. The predicted molar refractivity (Wildman–Crippen MR) is 67.4 cm³/mol. The molecular weight excluding hydrogens is 317 g/mol. The van der Waals surface area contributed by atoms with Crippen LogP contribution in [0.2, 0.25) is 0 Å². The standard InChI is InChI=1S/C11H6N3O4Se/c15-9-8(10(16)13-11(19)12-9)5-6-2-1-3-7(4-6)14(17)18/h1-5H,(H,12,13,15,16). The molecule has 8 heteroatoms. The summed E-state index contributed by atoms with van der Waals surface area (Å²) in [5.41, 5.74) is 0.0944. The molecule has 1 heterocycles. The van der Waals surface area contributed by atoms with Gasteiger partial charge in [0.1, 0.15) is 0 Å². The van der Waals surface area contributed by atoms with Crippen molar-refractivity contribution in [2.45, 2.75) is 0 Å². The zero-order valence-corrected chi connectivity index (χ0v) is 11.0. The zero-order chi connectivity index (χ0) is 14.0. The molecule has 1 N–H and O–H groups in total. The topological polar surface area (TPSA) is 102 Å². The van der Waals surface area contributed by atoms with Crippen molar-refractivity contribution in [1.29, 1.82) is 0 Å². The van der Waals surface area contributed by atoms with Crippen LogP contribution in [0.4, 0.5) is 5.69 Å². The van der Waals surface area contributed by atoms with Crippen molar-refractivity contribution < 1.29 is 14.5 Å². The molecule has 2 rings (SSSR count). The van der Waals surface area contributed by atoms with Gasteiger partial charge in [0.25, 0.3) is 0 Å². The summed E-state index contributed by atoms with van der Waals surface area (Å²) in [7, 11) is 0. The van der Waals surface area contributed by atoms with Crippen LogP contribution >= 0.6 is 0 Å². The number of carbonyl (C=O) groups is 2. The van der Waals surface area contributed by atoms with Gasteiger partial charge in [-0.05, 0) is 0 Å².